The molecule has 3 unspecified atom stereocenters. The first-order chi connectivity index (χ1) is 18.6. The first-order valence-electron chi connectivity index (χ1n) is 14.0. The van der Waals surface area contributed by atoms with Gasteiger partial charge in [0.15, 0.2) is 0 Å². The molecule has 2 N–H and O–H groups in total. The number of piperidine rings is 1. The maximum atomic E-state index is 13.3. The minimum atomic E-state index is -0.0457. The SMILES string of the molecule is CN1C2CCC1CC(Oc1ccc(-c3n[nH]c4ccc(C(=O)NC(c5ccccc5)C5CC5)cc34)cc1)C2. The van der Waals surface area contributed by atoms with Crippen LogP contribution in [0.25, 0.3) is 22.2 Å². The first-order valence-corrected chi connectivity index (χ1v) is 14.0. The molecule has 2 aliphatic heterocycles. The number of aromatic nitrogens is 2. The molecule has 6 heteroatoms. The van der Waals surface area contributed by atoms with E-state index in [4.69, 9.17) is 4.74 Å². The van der Waals surface area contributed by atoms with Crippen molar-refractivity contribution in [3.63, 3.8) is 0 Å². The second-order valence-electron chi connectivity index (χ2n) is 11.3. The molecule has 0 radical (unpaired) electrons. The topological polar surface area (TPSA) is 70.2 Å². The van der Waals surface area contributed by atoms with Crippen LogP contribution in [0.15, 0.2) is 72.8 Å². The molecule has 1 saturated carbocycles. The monoisotopic (exact) mass is 506 g/mol. The van der Waals surface area contributed by atoms with Gasteiger partial charge in [-0.15, -0.1) is 0 Å². The van der Waals surface area contributed by atoms with Gasteiger partial charge < -0.3 is 15.0 Å². The molecular weight excluding hydrogens is 472 g/mol. The molecule has 4 aromatic rings. The summed E-state index contributed by atoms with van der Waals surface area (Å²) >= 11 is 0. The number of hydrogen-bond acceptors (Lipinski definition) is 4. The van der Waals surface area contributed by atoms with Crippen molar-refractivity contribution >= 4 is 16.8 Å². The average Bonchev–Trinajstić information content (AvgIpc) is 3.67. The summed E-state index contributed by atoms with van der Waals surface area (Å²) in [6, 6.07) is 25.7. The normalized spacial score (nSPS) is 23.9. The summed E-state index contributed by atoms with van der Waals surface area (Å²) < 4.78 is 6.38. The Morgan fingerprint density at radius 1 is 0.974 bits per heavy atom. The summed E-state index contributed by atoms with van der Waals surface area (Å²) in [5, 5.41) is 12.0. The van der Waals surface area contributed by atoms with Crippen LogP contribution in [0, 0.1) is 5.92 Å². The Morgan fingerprint density at radius 2 is 1.71 bits per heavy atom. The number of H-pyrrole nitrogens is 1. The van der Waals surface area contributed by atoms with E-state index in [9.17, 15) is 4.79 Å². The molecule has 3 fully saturated rings. The molecule has 2 bridgehead atoms. The van der Waals surface area contributed by atoms with Crippen molar-refractivity contribution in [1.82, 2.24) is 20.4 Å². The van der Waals surface area contributed by atoms with E-state index in [1.807, 2.05) is 48.5 Å². The van der Waals surface area contributed by atoms with Crippen molar-refractivity contribution < 1.29 is 9.53 Å². The molecule has 3 heterocycles. The van der Waals surface area contributed by atoms with E-state index >= 15 is 0 Å². The van der Waals surface area contributed by atoms with Crippen molar-refractivity contribution in [3.8, 4) is 17.0 Å². The first kappa shape index (κ1) is 23.5. The average molecular weight is 507 g/mol. The Balaban J connectivity index is 1.08. The molecule has 3 aliphatic rings. The summed E-state index contributed by atoms with van der Waals surface area (Å²) in [4.78, 5) is 15.9. The molecule has 1 aliphatic carbocycles. The van der Waals surface area contributed by atoms with Crippen LogP contribution in [0.4, 0.5) is 0 Å². The van der Waals surface area contributed by atoms with Crippen molar-refractivity contribution in [2.24, 2.45) is 5.92 Å². The van der Waals surface area contributed by atoms with Crippen LogP contribution < -0.4 is 10.1 Å². The summed E-state index contributed by atoms with van der Waals surface area (Å²) in [6.07, 6.45) is 7.40. The van der Waals surface area contributed by atoms with Gasteiger partial charge in [0, 0.05) is 28.6 Å². The highest BCUT2D eigenvalue weighted by Crippen LogP contribution is 2.41. The number of amides is 1. The van der Waals surface area contributed by atoms with Gasteiger partial charge in [-0.2, -0.15) is 5.10 Å². The second kappa shape index (κ2) is 9.59. The number of benzene rings is 3. The number of aromatic amines is 1. The van der Waals surface area contributed by atoms with Crippen molar-refractivity contribution in [1.29, 1.82) is 0 Å². The maximum Gasteiger partial charge on any atom is 0.251 e. The van der Waals surface area contributed by atoms with Gasteiger partial charge in [-0.05, 0) is 99.5 Å². The largest absolute Gasteiger partial charge is 0.490 e. The van der Waals surface area contributed by atoms with Crippen LogP contribution in [0.1, 0.15) is 60.5 Å². The zero-order chi connectivity index (χ0) is 25.6. The molecule has 1 aromatic heterocycles. The van der Waals surface area contributed by atoms with Crippen LogP contribution >= 0.6 is 0 Å². The number of nitrogens with zero attached hydrogens (tertiary/aromatic N) is 2. The number of carbonyl (C=O) groups excluding carboxylic acids is 1. The lowest BCUT2D eigenvalue weighted by atomic mass is 10.0. The fourth-order valence-corrected chi connectivity index (χ4v) is 6.50. The van der Waals surface area contributed by atoms with Gasteiger partial charge in [-0.1, -0.05) is 30.3 Å². The zero-order valence-electron chi connectivity index (χ0n) is 21.8. The second-order valence-corrected chi connectivity index (χ2v) is 11.3. The van der Waals surface area contributed by atoms with Gasteiger partial charge in [0.25, 0.3) is 5.91 Å². The van der Waals surface area contributed by atoms with Crippen LogP contribution in [-0.4, -0.2) is 46.2 Å². The van der Waals surface area contributed by atoms with Crippen LogP contribution in [0.3, 0.4) is 0 Å². The molecular formula is C32H34N4O2. The van der Waals surface area contributed by atoms with Gasteiger partial charge in [-0.25, -0.2) is 0 Å². The lowest BCUT2D eigenvalue weighted by molar-refractivity contribution is 0.0662. The highest BCUT2D eigenvalue weighted by Gasteiger charge is 2.39. The van der Waals surface area contributed by atoms with E-state index in [1.54, 1.807) is 0 Å². The Hall–Kier alpha value is -3.64. The van der Waals surface area contributed by atoms with E-state index in [0.717, 1.165) is 53.6 Å². The van der Waals surface area contributed by atoms with E-state index in [2.05, 4.69) is 51.7 Å². The van der Waals surface area contributed by atoms with Crippen LogP contribution in [0.5, 0.6) is 5.75 Å². The molecule has 7 rings (SSSR count). The summed E-state index contributed by atoms with van der Waals surface area (Å²) in [5.74, 6) is 1.38. The van der Waals surface area contributed by atoms with Crippen molar-refractivity contribution in [3.05, 3.63) is 83.9 Å². The molecule has 3 aromatic carbocycles. The smallest absolute Gasteiger partial charge is 0.251 e. The molecule has 1 amide bonds. The highest BCUT2D eigenvalue weighted by molar-refractivity contribution is 6.01. The number of carbonyl (C=O) groups is 1. The van der Waals surface area contributed by atoms with E-state index in [-0.39, 0.29) is 18.1 Å². The molecule has 2 saturated heterocycles. The fraction of sp³-hybridized carbons (Fsp3) is 0.375. The summed E-state index contributed by atoms with van der Waals surface area (Å²) in [5.41, 5.74) is 4.59. The number of hydrogen-bond donors (Lipinski definition) is 2. The van der Waals surface area contributed by atoms with Crippen molar-refractivity contribution in [2.75, 3.05) is 7.05 Å². The third-order valence-electron chi connectivity index (χ3n) is 8.85. The van der Waals surface area contributed by atoms with Gasteiger partial charge in [0.1, 0.15) is 11.9 Å². The molecule has 0 spiro atoms. The van der Waals surface area contributed by atoms with Gasteiger partial charge in [-0.3, -0.25) is 9.89 Å². The van der Waals surface area contributed by atoms with Gasteiger partial charge in [0.05, 0.1) is 17.3 Å². The quantitative estimate of drug-likeness (QED) is 0.317. The zero-order valence-corrected chi connectivity index (χ0v) is 21.8. The predicted octanol–water partition coefficient (Wildman–Crippen LogP) is 6.12. The van der Waals surface area contributed by atoms with Gasteiger partial charge >= 0.3 is 0 Å². The number of fused-ring (bicyclic) bond motifs is 3. The summed E-state index contributed by atoms with van der Waals surface area (Å²) in [6.45, 7) is 0. The number of rotatable bonds is 7. The lowest BCUT2D eigenvalue weighted by Gasteiger charge is -2.36. The molecule has 38 heavy (non-hydrogen) atoms. The third-order valence-corrected chi connectivity index (χ3v) is 8.85. The molecule has 6 nitrogen and oxygen atoms in total. The fourth-order valence-electron chi connectivity index (χ4n) is 6.50. The third kappa shape index (κ3) is 4.47. The Kier molecular flexibility index (Phi) is 5.92. The Morgan fingerprint density at radius 3 is 2.42 bits per heavy atom. The van der Waals surface area contributed by atoms with Crippen molar-refractivity contribution in [2.45, 2.75) is 62.8 Å². The van der Waals surface area contributed by atoms with E-state index in [0.29, 0.717) is 23.6 Å². The van der Waals surface area contributed by atoms with Gasteiger partial charge in [0.2, 0.25) is 0 Å². The number of nitrogens with one attached hydrogen (secondary N) is 2. The predicted molar refractivity (Wildman–Crippen MR) is 149 cm³/mol. The molecule has 194 valence electrons. The molecule has 3 atom stereocenters. The lowest BCUT2D eigenvalue weighted by Crippen LogP contribution is -2.43. The minimum absolute atomic E-state index is 0.0457. The summed E-state index contributed by atoms with van der Waals surface area (Å²) in [7, 11) is 2.26. The standard InChI is InChI=1S/C32H34N4O2/c1-36-24-12-13-25(36)19-27(18-24)38-26-14-9-22(10-15-26)31-28-17-23(11-16-29(28)34-35-31)32(37)33-30(21-7-8-21)20-5-3-2-4-6-20/h2-6,9-11,14-17,21,24-25,27,30H,7-8,12-13,18-19H2,1H3,(H,33,37)(H,34,35). The van der Waals surface area contributed by atoms with Crippen LogP contribution in [-0.2, 0) is 0 Å². The van der Waals surface area contributed by atoms with E-state index < -0.39 is 0 Å². The Bertz CT molecular complexity index is 1430. The highest BCUT2D eigenvalue weighted by atomic mass is 16.5. The maximum absolute atomic E-state index is 13.3. The minimum Gasteiger partial charge on any atom is -0.490 e. The van der Waals surface area contributed by atoms with Crippen LogP contribution in [0.2, 0.25) is 0 Å². The van der Waals surface area contributed by atoms with E-state index in [1.165, 1.54) is 18.4 Å². The number of ether oxygens (including phenoxy) is 1. The Labute approximate surface area is 223 Å².